The molecule has 1 heterocycles. The van der Waals surface area contributed by atoms with Crippen molar-refractivity contribution in [3.63, 3.8) is 0 Å². The molecule has 4 heteroatoms. The molecule has 76 valence electrons. The van der Waals surface area contributed by atoms with Crippen LogP contribution in [0.2, 0.25) is 0 Å². The molecule has 0 saturated carbocycles. The quantitative estimate of drug-likeness (QED) is 0.419. The third kappa shape index (κ3) is 2.22. The Morgan fingerprint density at radius 1 is 1.43 bits per heavy atom. The fraction of sp³-hybridized carbons (Fsp3) is 0.400. The molecule has 1 aromatic heterocycles. The molecular weight excluding hydrogens is 184 g/mol. The number of ketones is 1. The molecule has 0 aromatic carbocycles. The Balaban J connectivity index is 2.79. The molecule has 0 radical (unpaired) electrons. The summed E-state index contributed by atoms with van der Waals surface area (Å²) in [5.41, 5.74) is 0.452. The van der Waals surface area contributed by atoms with Gasteiger partial charge in [0.1, 0.15) is 17.9 Å². The number of methoxy groups -OCH3 is 1. The van der Waals surface area contributed by atoms with E-state index in [1.807, 2.05) is 0 Å². The van der Waals surface area contributed by atoms with Crippen LogP contribution in [0, 0.1) is 13.8 Å². The maximum Gasteiger partial charge on any atom is 0.313 e. The molecule has 0 atom stereocenters. The number of ether oxygens (including phenoxy) is 1. The summed E-state index contributed by atoms with van der Waals surface area (Å²) in [6.45, 7) is 3.44. The highest BCUT2D eigenvalue weighted by Crippen LogP contribution is 2.15. The van der Waals surface area contributed by atoms with Gasteiger partial charge in [-0.2, -0.15) is 0 Å². The maximum absolute atomic E-state index is 11.5. The zero-order valence-corrected chi connectivity index (χ0v) is 8.42. The number of hydrogen-bond donors (Lipinski definition) is 0. The van der Waals surface area contributed by atoms with E-state index in [9.17, 15) is 9.59 Å². The Morgan fingerprint density at radius 3 is 2.50 bits per heavy atom. The van der Waals surface area contributed by atoms with E-state index in [1.54, 1.807) is 19.9 Å². The van der Waals surface area contributed by atoms with Gasteiger partial charge < -0.3 is 9.15 Å². The summed E-state index contributed by atoms with van der Waals surface area (Å²) in [7, 11) is 1.25. The van der Waals surface area contributed by atoms with Crippen LogP contribution < -0.4 is 0 Å². The average Bonchev–Trinajstić information content (AvgIpc) is 2.45. The number of esters is 1. The van der Waals surface area contributed by atoms with E-state index in [1.165, 1.54) is 7.11 Å². The highest BCUT2D eigenvalue weighted by atomic mass is 16.5. The van der Waals surface area contributed by atoms with Crippen LogP contribution in [0.4, 0.5) is 0 Å². The molecule has 4 nitrogen and oxygen atoms in total. The molecule has 0 saturated heterocycles. The second-order valence-electron chi connectivity index (χ2n) is 3.00. The van der Waals surface area contributed by atoms with Crippen molar-refractivity contribution in [3.8, 4) is 0 Å². The molecule has 0 spiro atoms. The standard InChI is InChI=1S/C10H12O4/c1-6-4-8(7(2)14-6)9(11)5-10(12)13-3/h4H,5H2,1-3H3. The number of carbonyl (C=O) groups is 2. The molecule has 0 amide bonds. The molecule has 0 aliphatic rings. The number of hydrogen-bond acceptors (Lipinski definition) is 4. The van der Waals surface area contributed by atoms with Crippen molar-refractivity contribution in [2.24, 2.45) is 0 Å². The van der Waals surface area contributed by atoms with Gasteiger partial charge in [-0.1, -0.05) is 0 Å². The fourth-order valence-corrected chi connectivity index (χ4v) is 1.21. The van der Waals surface area contributed by atoms with Gasteiger partial charge in [-0.3, -0.25) is 9.59 Å². The first-order chi connectivity index (χ1) is 6.54. The number of Topliss-reactive ketones (excluding diaryl/α,β-unsaturated/α-hetero) is 1. The molecule has 0 aliphatic heterocycles. The Labute approximate surface area is 81.9 Å². The number of rotatable bonds is 3. The Kier molecular flexibility index (Phi) is 3.06. The molecule has 0 fully saturated rings. The first-order valence-electron chi connectivity index (χ1n) is 4.21. The van der Waals surface area contributed by atoms with Gasteiger partial charge in [-0.15, -0.1) is 0 Å². The van der Waals surface area contributed by atoms with Crippen LogP contribution in [0.5, 0.6) is 0 Å². The van der Waals surface area contributed by atoms with Crippen molar-refractivity contribution < 1.29 is 18.7 Å². The number of aryl methyl sites for hydroxylation is 2. The minimum Gasteiger partial charge on any atom is -0.469 e. The molecular formula is C10H12O4. The van der Waals surface area contributed by atoms with E-state index >= 15 is 0 Å². The van der Waals surface area contributed by atoms with Gasteiger partial charge in [-0.25, -0.2) is 0 Å². The summed E-state index contributed by atoms with van der Waals surface area (Å²) < 4.78 is 9.58. The highest BCUT2D eigenvalue weighted by molar-refractivity contribution is 6.06. The van der Waals surface area contributed by atoms with Gasteiger partial charge in [0.2, 0.25) is 0 Å². The summed E-state index contributed by atoms with van der Waals surface area (Å²) in [6, 6.07) is 1.63. The van der Waals surface area contributed by atoms with Gasteiger partial charge in [0, 0.05) is 0 Å². The second kappa shape index (κ2) is 4.09. The monoisotopic (exact) mass is 196 g/mol. The normalized spacial score (nSPS) is 9.93. The van der Waals surface area contributed by atoms with Crippen LogP contribution in [0.15, 0.2) is 10.5 Å². The molecule has 0 unspecified atom stereocenters. The average molecular weight is 196 g/mol. The molecule has 0 N–H and O–H groups in total. The molecule has 14 heavy (non-hydrogen) atoms. The fourth-order valence-electron chi connectivity index (χ4n) is 1.21. The van der Waals surface area contributed by atoms with Crippen LogP contribution in [-0.4, -0.2) is 18.9 Å². The molecule has 0 aliphatic carbocycles. The summed E-state index contributed by atoms with van der Waals surface area (Å²) in [4.78, 5) is 22.3. The summed E-state index contributed by atoms with van der Waals surface area (Å²) in [5, 5.41) is 0. The molecule has 0 bridgehead atoms. The van der Waals surface area contributed by atoms with Crippen molar-refractivity contribution in [2.75, 3.05) is 7.11 Å². The summed E-state index contributed by atoms with van der Waals surface area (Å²) in [5.74, 6) is 0.395. The van der Waals surface area contributed by atoms with Crippen molar-refractivity contribution in [1.82, 2.24) is 0 Å². The summed E-state index contributed by atoms with van der Waals surface area (Å²) in [6.07, 6.45) is -0.240. The van der Waals surface area contributed by atoms with Crippen LogP contribution in [0.25, 0.3) is 0 Å². The van der Waals surface area contributed by atoms with E-state index in [-0.39, 0.29) is 12.2 Å². The smallest absolute Gasteiger partial charge is 0.313 e. The van der Waals surface area contributed by atoms with Crippen LogP contribution >= 0.6 is 0 Å². The van der Waals surface area contributed by atoms with Crippen molar-refractivity contribution >= 4 is 11.8 Å². The first kappa shape index (κ1) is 10.5. The van der Waals surface area contributed by atoms with Gasteiger partial charge >= 0.3 is 5.97 Å². The van der Waals surface area contributed by atoms with Gasteiger partial charge in [0.15, 0.2) is 5.78 Å². The van der Waals surface area contributed by atoms with E-state index in [4.69, 9.17) is 4.42 Å². The van der Waals surface area contributed by atoms with E-state index in [0.29, 0.717) is 17.1 Å². The molecule has 1 rings (SSSR count). The van der Waals surface area contributed by atoms with Gasteiger partial charge in [0.25, 0.3) is 0 Å². The van der Waals surface area contributed by atoms with Crippen molar-refractivity contribution in [3.05, 3.63) is 23.2 Å². The largest absolute Gasteiger partial charge is 0.469 e. The van der Waals surface area contributed by atoms with E-state index in [0.717, 1.165) is 0 Å². The van der Waals surface area contributed by atoms with E-state index < -0.39 is 5.97 Å². The van der Waals surface area contributed by atoms with Crippen LogP contribution in [-0.2, 0) is 9.53 Å². The predicted octanol–water partition coefficient (Wildman–Crippen LogP) is 1.64. The second-order valence-corrected chi connectivity index (χ2v) is 3.00. The predicted molar refractivity (Wildman–Crippen MR) is 49.1 cm³/mol. The lowest BCUT2D eigenvalue weighted by atomic mass is 10.1. The zero-order valence-electron chi connectivity index (χ0n) is 8.42. The zero-order chi connectivity index (χ0) is 10.7. The Hall–Kier alpha value is -1.58. The third-order valence-corrected chi connectivity index (χ3v) is 1.87. The Bertz CT molecular complexity index is 362. The topological polar surface area (TPSA) is 56.5 Å². The SMILES string of the molecule is COC(=O)CC(=O)c1cc(C)oc1C. The number of furan rings is 1. The van der Waals surface area contributed by atoms with Crippen molar-refractivity contribution in [1.29, 1.82) is 0 Å². The lowest BCUT2D eigenvalue weighted by Gasteiger charge is -1.97. The third-order valence-electron chi connectivity index (χ3n) is 1.87. The van der Waals surface area contributed by atoms with Crippen LogP contribution in [0.3, 0.4) is 0 Å². The maximum atomic E-state index is 11.5. The number of carbonyl (C=O) groups excluding carboxylic acids is 2. The first-order valence-corrected chi connectivity index (χ1v) is 4.21. The molecule has 1 aromatic rings. The van der Waals surface area contributed by atoms with Gasteiger partial charge in [0.05, 0.1) is 12.7 Å². The van der Waals surface area contributed by atoms with Crippen molar-refractivity contribution in [2.45, 2.75) is 20.3 Å². The minimum absolute atomic E-state index is 0.240. The Morgan fingerprint density at radius 2 is 2.07 bits per heavy atom. The summed E-state index contributed by atoms with van der Waals surface area (Å²) >= 11 is 0. The van der Waals surface area contributed by atoms with Gasteiger partial charge in [-0.05, 0) is 19.9 Å². The minimum atomic E-state index is -0.534. The highest BCUT2D eigenvalue weighted by Gasteiger charge is 2.16. The lowest BCUT2D eigenvalue weighted by molar-refractivity contribution is -0.139. The lowest BCUT2D eigenvalue weighted by Crippen LogP contribution is -2.09. The van der Waals surface area contributed by atoms with E-state index in [2.05, 4.69) is 4.74 Å². The van der Waals surface area contributed by atoms with Crippen LogP contribution in [0.1, 0.15) is 28.3 Å².